The lowest BCUT2D eigenvalue weighted by Crippen LogP contribution is -2.49. The number of halogens is 1. The Hall–Kier alpha value is -6.47. The molecule has 4 N–H and O–H groups in total. The highest BCUT2D eigenvalue weighted by Crippen LogP contribution is 2.33. The fourth-order valence-corrected chi connectivity index (χ4v) is 8.15. The molecule has 2 atom stereocenters. The molecule has 2 unspecified atom stereocenters. The van der Waals surface area contributed by atoms with E-state index in [0.29, 0.717) is 33.7 Å². The maximum Gasteiger partial charge on any atom is 0.322 e. The fraction of sp³-hybridized carbons (Fsp3) is 0.304. The van der Waals surface area contributed by atoms with Crippen molar-refractivity contribution in [3.8, 4) is 5.75 Å². The van der Waals surface area contributed by atoms with E-state index < -0.39 is 35.0 Å². The van der Waals surface area contributed by atoms with E-state index in [2.05, 4.69) is 21.3 Å². The summed E-state index contributed by atoms with van der Waals surface area (Å²) in [5.41, 5.74) is 2.31. The summed E-state index contributed by atoms with van der Waals surface area (Å²) >= 11 is 5.94. The van der Waals surface area contributed by atoms with Gasteiger partial charge in [-0.05, 0) is 117 Å². The van der Waals surface area contributed by atoms with Gasteiger partial charge >= 0.3 is 12.1 Å². The standard InChI is InChI=1S/C23H20ClN3O3.C23H27N3O4/c1-15-3-2-12-27(20(15)28)14-23(21(29)25-22(30)26-23)18-8-4-16(5-9-18)13-17-6-10-19(24)11-7-17;1-15-7-6-12-26(20(15)27)14-23(21(28)24-22(29)25-23)17-10-11-19(16(2)13-17)30-18-8-4-3-5-9-18/h2-12H,13-14H2,1H3,(H2,25,26,29,30);6-7,10-13,18H,3-5,8-9,14H2,1-2H3,(H2,24,25,28,29). The molecule has 0 spiro atoms. The van der Waals surface area contributed by atoms with E-state index in [-0.39, 0.29) is 30.3 Å². The molecule has 0 bridgehead atoms. The first kappa shape index (κ1) is 41.7. The number of amides is 6. The Morgan fingerprint density at radius 1 is 0.617 bits per heavy atom. The highest BCUT2D eigenvalue weighted by atomic mass is 35.5. The van der Waals surface area contributed by atoms with Gasteiger partial charge in [-0.15, -0.1) is 0 Å². The van der Waals surface area contributed by atoms with Crippen LogP contribution in [-0.2, 0) is 40.2 Å². The minimum atomic E-state index is -1.36. The predicted octanol–water partition coefficient (Wildman–Crippen LogP) is 6.05. The maximum atomic E-state index is 12.9. The minimum Gasteiger partial charge on any atom is -0.490 e. The Labute approximate surface area is 352 Å². The Morgan fingerprint density at radius 2 is 1.10 bits per heavy atom. The molecule has 4 heterocycles. The van der Waals surface area contributed by atoms with Gasteiger partial charge in [-0.3, -0.25) is 29.8 Å². The van der Waals surface area contributed by atoms with Crippen molar-refractivity contribution in [1.29, 1.82) is 0 Å². The largest absolute Gasteiger partial charge is 0.490 e. The molecule has 3 aromatic carbocycles. The van der Waals surface area contributed by atoms with Crippen molar-refractivity contribution in [1.82, 2.24) is 30.4 Å². The van der Waals surface area contributed by atoms with Crippen molar-refractivity contribution >= 4 is 35.5 Å². The summed E-state index contributed by atoms with van der Waals surface area (Å²) in [6.07, 6.45) is 9.90. The van der Waals surface area contributed by atoms with Crippen molar-refractivity contribution in [2.75, 3.05) is 0 Å². The summed E-state index contributed by atoms with van der Waals surface area (Å²) in [6, 6.07) is 26.4. The number of imide groups is 2. The highest BCUT2D eigenvalue weighted by Gasteiger charge is 2.49. The second-order valence-corrected chi connectivity index (χ2v) is 16.2. The van der Waals surface area contributed by atoms with Gasteiger partial charge in [-0.1, -0.05) is 72.6 Å². The van der Waals surface area contributed by atoms with Gasteiger partial charge in [0.05, 0.1) is 19.2 Å². The third-order valence-electron chi connectivity index (χ3n) is 11.4. The number of rotatable bonds is 10. The first-order valence-electron chi connectivity index (χ1n) is 20.0. The number of carbonyl (C=O) groups is 4. The zero-order valence-corrected chi connectivity index (χ0v) is 34.4. The number of carbonyl (C=O) groups excluding carboxylic acids is 4. The number of nitrogens with zero attached hydrogens (tertiary/aromatic N) is 2. The van der Waals surface area contributed by atoms with Crippen LogP contribution in [0, 0.1) is 20.8 Å². The number of benzene rings is 3. The predicted molar refractivity (Wildman–Crippen MR) is 227 cm³/mol. The van der Waals surface area contributed by atoms with Crippen LogP contribution in [-0.4, -0.2) is 39.1 Å². The second-order valence-electron chi connectivity index (χ2n) is 15.7. The van der Waals surface area contributed by atoms with Crippen molar-refractivity contribution in [2.24, 2.45) is 0 Å². The van der Waals surface area contributed by atoms with Crippen LogP contribution < -0.4 is 37.1 Å². The van der Waals surface area contributed by atoms with Gasteiger partial charge in [0.25, 0.3) is 22.9 Å². The summed E-state index contributed by atoms with van der Waals surface area (Å²) in [5.74, 6) is -0.161. The molecule has 60 heavy (non-hydrogen) atoms. The summed E-state index contributed by atoms with van der Waals surface area (Å²) < 4.78 is 9.10. The number of nitrogens with one attached hydrogen (secondary N) is 4. The average molecular weight is 831 g/mol. The third kappa shape index (κ3) is 8.76. The zero-order valence-electron chi connectivity index (χ0n) is 33.7. The molecule has 8 rings (SSSR count). The Kier molecular flexibility index (Phi) is 12.1. The summed E-state index contributed by atoms with van der Waals surface area (Å²) in [7, 11) is 0. The van der Waals surface area contributed by atoms with E-state index in [9.17, 15) is 28.8 Å². The quantitative estimate of drug-likeness (QED) is 0.124. The molecule has 310 valence electrons. The maximum absolute atomic E-state index is 12.9. The van der Waals surface area contributed by atoms with E-state index in [1.807, 2.05) is 67.6 Å². The van der Waals surface area contributed by atoms with Gasteiger partial charge in [0.1, 0.15) is 5.75 Å². The van der Waals surface area contributed by atoms with Gasteiger partial charge in [-0.2, -0.15) is 0 Å². The first-order chi connectivity index (χ1) is 28.8. The second kappa shape index (κ2) is 17.4. The SMILES string of the molecule is Cc1cc(C2(Cn3cccc(C)c3=O)NC(=O)NC2=O)ccc1OC1CCCCC1.Cc1cccn(CC2(c3ccc(Cc4ccc(Cl)cc4)cc3)NC(=O)NC2=O)c1=O. The number of ether oxygens (including phenoxy) is 1. The molecule has 2 aliphatic heterocycles. The van der Waals surface area contributed by atoms with Crippen LogP contribution in [0.1, 0.15) is 71.0 Å². The van der Waals surface area contributed by atoms with E-state index in [0.717, 1.165) is 35.3 Å². The average Bonchev–Trinajstić information content (AvgIpc) is 3.69. The molecule has 1 aliphatic carbocycles. The zero-order chi connectivity index (χ0) is 42.6. The van der Waals surface area contributed by atoms with Gasteiger partial charge in [0, 0.05) is 28.5 Å². The Balaban J connectivity index is 0.000000181. The molecule has 3 fully saturated rings. The Bertz CT molecular complexity index is 2560. The van der Waals surface area contributed by atoms with Gasteiger partial charge in [0.2, 0.25) is 0 Å². The number of hydrogen-bond donors (Lipinski definition) is 4. The smallest absolute Gasteiger partial charge is 0.322 e. The van der Waals surface area contributed by atoms with Crippen LogP contribution >= 0.6 is 11.6 Å². The fourth-order valence-electron chi connectivity index (χ4n) is 8.02. The monoisotopic (exact) mass is 830 g/mol. The van der Waals surface area contributed by atoms with E-state index in [1.54, 1.807) is 56.6 Å². The molecular weight excluding hydrogens is 784 g/mol. The van der Waals surface area contributed by atoms with Crippen LogP contribution in [0.15, 0.2) is 113 Å². The molecule has 14 heteroatoms. The van der Waals surface area contributed by atoms with Crippen molar-refractivity contribution in [3.63, 3.8) is 0 Å². The van der Waals surface area contributed by atoms with E-state index in [1.165, 1.54) is 28.4 Å². The summed E-state index contributed by atoms with van der Waals surface area (Å²) in [6.45, 7) is 5.38. The highest BCUT2D eigenvalue weighted by molar-refractivity contribution is 6.30. The summed E-state index contributed by atoms with van der Waals surface area (Å²) in [4.78, 5) is 74.8. The van der Waals surface area contributed by atoms with Crippen LogP contribution in [0.2, 0.25) is 5.02 Å². The minimum absolute atomic E-state index is 0.00160. The van der Waals surface area contributed by atoms with Crippen LogP contribution in [0.5, 0.6) is 5.75 Å². The number of urea groups is 2. The van der Waals surface area contributed by atoms with Gasteiger partial charge < -0.3 is 24.5 Å². The van der Waals surface area contributed by atoms with Crippen molar-refractivity contribution < 1.29 is 23.9 Å². The molecule has 2 aromatic heterocycles. The number of aromatic nitrogens is 2. The topological polar surface area (TPSA) is 170 Å². The lowest BCUT2D eigenvalue weighted by molar-refractivity contribution is -0.125. The van der Waals surface area contributed by atoms with E-state index >= 15 is 0 Å². The molecule has 3 aliphatic rings. The van der Waals surface area contributed by atoms with Crippen LogP contribution in [0.3, 0.4) is 0 Å². The molecule has 0 radical (unpaired) electrons. The lowest BCUT2D eigenvalue weighted by atomic mass is 9.88. The van der Waals surface area contributed by atoms with Crippen molar-refractivity contribution in [3.05, 3.63) is 168 Å². The summed E-state index contributed by atoms with van der Waals surface area (Å²) in [5, 5.41) is 10.8. The molecular formula is C46H47ClN6O7. The van der Waals surface area contributed by atoms with Crippen LogP contribution in [0.4, 0.5) is 9.59 Å². The van der Waals surface area contributed by atoms with Gasteiger partial charge in [-0.25, -0.2) is 9.59 Å². The number of aryl methyl sites for hydroxylation is 3. The van der Waals surface area contributed by atoms with Crippen LogP contribution in [0.25, 0.3) is 0 Å². The molecule has 1 saturated carbocycles. The lowest BCUT2D eigenvalue weighted by Gasteiger charge is -2.29. The normalized spacial score (nSPS) is 20.1. The Morgan fingerprint density at radius 3 is 1.58 bits per heavy atom. The number of pyridine rings is 2. The molecule has 6 amide bonds. The first-order valence-corrected chi connectivity index (χ1v) is 20.3. The third-order valence-corrected chi connectivity index (χ3v) is 11.7. The molecule has 5 aromatic rings. The van der Waals surface area contributed by atoms with E-state index in [4.69, 9.17) is 16.3 Å². The molecule has 2 saturated heterocycles. The number of hydrogen-bond acceptors (Lipinski definition) is 7. The molecule has 13 nitrogen and oxygen atoms in total. The van der Waals surface area contributed by atoms with Gasteiger partial charge in [0.15, 0.2) is 11.1 Å². The van der Waals surface area contributed by atoms with Crippen molar-refractivity contribution in [2.45, 2.75) is 89.6 Å².